The molecule has 0 N–H and O–H groups in total. The molecule has 0 aliphatic carbocycles. The number of hydrogen-bond acceptors (Lipinski definition) is 8. The number of hydrogen-bond donors (Lipinski definition) is 0. The van der Waals surface area contributed by atoms with Gasteiger partial charge >= 0.3 is 0 Å². The molecule has 3 aliphatic heterocycles. The summed E-state index contributed by atoms with van der Waals surface area (Å²) in [5.41, 5.74) is 3.97. The first-order chi connectivity index (χ1) is 20.0. The molecule has 0 spiro atoms. The number of piperazine rings is 1. The molecule has 2 fully saturated rings. The van der Waals surface area contributed by atoms with Crippen molar-refractivity contribution in [2.75, 3.05) is 54.0 Å². The monoisotopic (exact) mass is 555 g/mol. The Morgan fingerprint density at radius 1 is 0.854 bits per heavy atom. The lowest BCUT2D eigenvalue weighted by Gasteiger charge is -2.45. The lowest BCUT2D eigenvalue weighted by molar-refractivity contribution is -0.384. The molecule has 3 heterocycles. The largest absolute Gasteiger partial charge is 0.368 e. The number of anilines is 3. The van der Waals surface area contributed by atoms with Gasteiger partial charge in [-0.3, -0.25) is 19.7 Å². The van der Waals surface area contributed by atoms with Gasteiger partial charge in [0.1, 0.15) is 5.69 Å². The number of carbonyl (C=O) groups excluding carboxylic acids is 2. The van der Waals surface area contributed by atoms with Crippen LogP contribution in [0.4, 0.5) is 22.7 Å². The van der Waals surface area contributed by atoms with Gasteiger partial charge < -0.3 is 24.3 Å². The number of aldehydes is 1. The minimum atomic E-state index is -0.643. The van der Waals surface area contributed by atoms with Crippen LogP contribution in [0.2, 0.25) is 0 Å². The van der Waals surface area contributed by atoms with Crippen LogP contribution in [-0.2, 0) is 16.1 Å². The standard InChI is InChI=1S/C31H33N5O5/c37-21-30-35(27-9-5-4-6-24(27)22-41-30)26-12-14-33(15-13-26)28-11-10-23(20-29(28)36(39)40)31(38)34-18-16-32(17-19-34)25-7-2-1-3-8-25/h1-11,20-21,26,30H,12-19,22H2. The molecule has 3 aromatic rings. The molecule has 3 aromatic carbocycles. The van der Waals surface area contributed by atoms with Crippen LogP contribution >= 0.6 is 0 Å². The molecule has 2 saturated heterocycles. The Kier molecular flexibility index (Phi) is 7.56. The summed E-state index contributed by atoms with van der Waals surface area (Å²) >= 11 is 0. The predicted octanol–water partition coefficient (Wildman–Crippen LogP) is 4.09. The number of nitro benzene ring substituents is 1. The third-order valence-corrected chi connectivity index (χ3v) is 8.38. The van der Waals surface area contributed by atoms with Crippen molar-refractivity contribution in [2.45, 2.75) is 31.7 Å². The van der Waals surface area contributed by atoms with Crippen LogP contribution in [0, 0.1) is 10.1 Å². The topological polar surface area (TPSA) is 99.5 Å². The summed E-state index contributed by atoms with van der Waals surface area (Å²) in [4.78, 5) is 44.9. The van der Waals surface area contributed by atoms with Crippen LogP contribution in [0.15, 0.2) is 72.8 Å². The molecule has 212 valence electrons. The zero-order valence-corrected chi connectivity index (χ0v) is 22.8. The summed E-state index contributed by atoms with van der Waals surface area (Å²) in [5, 5.41) is 12.1. The van der Waals surface area contributed by atoms with E-state index >= 15 is 0 Å². The number of ether oxygens (including phenoxy) is 1. The normalized spacial score (nSPS) is 19.6. The number of piperidine rings is 1. The molecular formula is C31H33N5O5. The summed E-state index contributed by atoms with van der Waals surface area (Å²) in [6.45, 7) is 4.11. The van der Waals surface area contributed by atoms with Crippen molar-refractivity contribution in [1.29, 1.82) is 0 Å². The van der Waals surface area contributed by atoms with Gasteiger partial charge in [0.25, 0.3) is 11.6 Å². The molecule has 1 unspecified atom stereocenters. The molecule has 6 rings (SSSR count). The molecule has 0 bridgehead atoms. The zero-order chi connectivity index (χ0) is 28.3. The van der Waals surface area contributed by atoms with Gasteiger partial charge in [0, 0.05) is 73.9 Å². The van der Waals surface area contributed by atoms with Gasteiger partial charge in [-0.25, -0.2) is 0 Å². The minimum absolute atomic E-state index is 0.0605. The highest BCUT2D eigenvalue weighted by Crippen LogP contribution is 2.36. The van der Waals surface area contributed by atoms with Crippen molar-refractivity contribution in [1.82, 2.24) is 4.90 Å². The van der Waals surface area contributed by atoms with Gasteiger partial charge in [0.15, 0.2) is 12.5 Å². The number of fused-ring (bicyclic) bond motifs is 1. The van der Waals surface area contributed by atoms with Gasteiger partial charge in [-0.1, -0.05) is 36.4 Å². The second-order valence-corrected chi connectivity index (χ2v) is 10.7. The molecular weight excluding hydrogens is 522 g/mol. The maximum Gasteiger partial charge on any atom is 0.293 e. The highest BCUT2D eigenvalue weighted by atomic mass is 16.6. The van der Waals surface area contributed by atoms with Crippen molar-refractivity contribution >= 4 is 34.9 Å². The lowest BCUT2D eigenvalue weighted by atomic mass is 9.98. The number of carbonyl (C=O) groups is 2. The van der Waals surface area contributed by atoms with Crippen LogP contribution in [0.25, 0.3) is 0 Å². The number of rotatable bonds is 6. The highest BCUT2D eigenvalue weighted by Gasteiger charge is 2.35. The second kappa shape index (κ2) is 11.6. The first-order valence-electron chi connectivity index (χ1n) is 14.1. The Hall–Kier alpha value is -4.44. The second-order valence-electron chi connectivity index (χ2n) is 10.7. The van der Waals surface area contributed by atoms with Crippen molar-refractivity contribution < 1.29 is 19.2 Å². The average molecular weight is 556 g/mol. The Labute approximate surface area is 238 Å². The smallest absolute Gasteiger partial charge is 0.293 e. The quantitative estimate of drug-likeness (QED) is 0.255. The molecule has 10 nitrogen and oxygen atoms in total. The number of para-hydroxylation sites is 2. The Bertz CT molecular complexity index is 1420. The average Bonchev–Trinajstić information content (AvgIpc) is 3.04. The van der Waals surface area contributed by atoms with Gasteiger partial charge in [0.2, 0.25) is 0 Å². The number of nitrogens with zero attached hydrogens (tertiary/aromatic N) is 5. The Morgan fingerprint density at radius 3 is 2.27 bits per heavy atom. The van der Waals surface area contributed by atoms with Crippen molar-refractivity contribution in [2.24, 2.45) is 0 Å². The number of benzene rings is 3. The fourth-order valence-electron chi connectivity index (χ4n) is 6.23. The van der Waals surface area contributed by atoms with E-state index in [1.54, 1.807) is 17.0 Å². The van der Waals surface area contributed by atoms with Crippen LogP contribution in [0.1, 0.15) is 28.8 Å². The van der Waals surface area contributed by atoms with Crippen LogP contribution in [-0.4, -0.2) is 73.6 Å². The first-order valence-corrected chi connectivity index (χ1v) is 14.1. The van der Waals surface area contributed by atoms with Crippen molar-refractivity contribution in [3.8, 4) is 0 Å². The van der Waals surface area contributed by atoms with E-state index in [9.17, 15) is 19.7 Å². The van der Waals surface area contributed by atoms with E-state index in [0.717, 1.165) is 23.2 Å². The fourth-order valence-corrected chi connectivity index (χ4v) is 6.23. The van der Waals surface area contributed by atoms with Gasteiger partial charge in [-0.05, 0) is 43.2 Å². The molecule has 1 atom stereocenters. The maximum atomic E-state index is 13.3. The maximum absolute atomic E-state index is 13.3. The van der Waals surface area contributed by atoms with E-state index in [0.29, 0.717) is 70.0 Å². The van der Waals surface area contributed by atoms with E-state index in [4.69, 9.17) is 4.74 Å². The van der Waals surface area contributed by atoms with E-state index in [-0.39, 0.29) is 17.6 Å². The van der Waals surface area contributed by atoms with Crippen molar-refractivity contribution in [3.63, 3.8) is 0 Å². The molecule has 1 amide bonds. The van der Waals surface area contributed by atoms with Crippen LogP contribution in [0.5, 0.6) is 0 Å². The highest BCUT2D eigenvalue weighted by molar-refractivity contribution is 5.96. The van der Waals surface area contributed by atoms with E-state index < -0.39 is 11.2 Å². The molecule has 0 saturated carbocycles. The minimum Gasteiger partial charge on any atom is -0.368 e. The van der Waals surface area contributed by atoms with Crippen molar-refractivity contribution in [3.05, 3.63) is 94.0 Å². The Morgan fingerprint density at radius 2 is 1.56 bits per heavy atom. The van der Waals surface area contributed by atoms with Crippen LogP contribution in [0.3, 0.4) is 0 Å². The summed E-state index contributed by atoms with van der Waals surface area (Å²) < 4.78 is 5.81. The predicted molar refractivity (Wildman–Crippen MR) is 156 cm³/mol. The SMILES string of the molecule is O=CC1OCc2ccccc2N1C1CCN(c2ccc(C(=O)N3CCN(c4ccccc4)CC3)cc2[N+](=O)[O-])CC1. The molecule has 0 aromatic heterocycles. The number of nitro groups is 1. The lowest BCUT2D eigenvalue weighted by Crippen LogP contribution is -2.52. The molecule has 10 heteroatoms. The van der Waals surface area contributed by atoms with Crippen LogP contribution < -0.4 is 14.7 Å². The van der Waals surface area contributed by atoms with E-state index in [1.807, 2.05) is 47.4 Å². The third-order valence-electron chi connectivity index (χ3n) is 8.38. The number of amides is 1. The fraction of sp³-hybridized carbons (Fsp3) is 0.355. The molecule has 0 radical (unpaired) electrons. The summed E-state index contributed by atoms with van der Waals surface area (Å²) in [6, 6.07) is 22.9. The summed E-state index contributed by atoms with van der Waals surface area (Å²) in [6.07, 6.45) is 1.62. The summed E-state index contributed by atoms with van der Waals surface area (Å²) in [5.74, 6) is -0.185. The first kappa shape index (κ1) is 26.8. The van der Waals surface area contributed by atoms with E-state index in [2.05, 4.69) is 21.9 Å². The third kappa shape index (κ3) is 5.35. The molecule has 3 aliphatic rings. The van der Waals surface area contributed by atoms with E-state index in [1.165, 1.54) is 6.07 Å². The molecule has 41 heavy (non-hydrogen) atoms. The zero-order valence-electron chi connectivity index (χ0n) is 22.8. The summed E-state index contributed by atoms with van der Waals surface area (Å²) in [7, 11) is 0. The van der Waals surface area contributed by atoms with Gasteiger partial charge in [-0.15, -0.1) is 0 Å². The van der Waals surface area contributed by atoms with Gasteiger partial charge in [0.05, 0.1) is 11.5 Å². The van der Waals surface area contributed by atoms with Gasteiger partial charge in [-0.2, -0.15) is 0 Å². The Balaban J connectivity index is 1.13.